The highest BCUT2D eigenvalue weighted by molar-refractivity contribution is 7.99. The first-order chi connectivity index (χ1) is 11.3. The number of hydrogen-bond acceptors (Lipinski definition) is 3. The van der Waals surface area contributed by atoms with Crippen molar-refractivity contribution in [3.05, 3.63) is 54.6 Å². The smallest absolute Gasteiger partial charge is 0.199 e. The van der Waals surface area contributed by atoms with Crippen molar-refractivity contribution in [2.45, 2.75) is 11.8 Å². The van der Waals surface area contributed by atoms with E-state index in [0.717, 1.165) is 38.8 Å². The molecule has 0 radical (unpaired) electrons. The van der Waals surface area contributed by atoms with Crippen LogP contribution in [0, 0.1) is 0 Å². The zero-order chi connectivity index (χ0) is 15.8. The lowest BCUT2D eigenvalue weighted by molar-refractivity contribution is 0.460. The molecule has 0 atom stereocenters. The molecule has 114 valence electrons. The number of aromatic nitrogens is 2. The van der Waals surface area contributed by atoms with Crippen LogP contribution in [-0.2, 0) is 0 Å². The van der Waals surface area contributed by atoms with E-state index in [-0.39, 0.29) is 5.88 Å². The van der Waals surface area contributed by atoms with Gasteiger partial charge in [0.15, 0.2) is 5.88 Å². The number of nitrogens with zero attached hydrogens (tertiary/aromatic N) is 1. The Balaban J connectivity index is 2.03. The molecule has 23 heavy (non-hydrogen) atoms. The lowest BCUT2D eigenvalue weighted by Crippen LogP contribution is -1.88. The summed E-state index contributed by atoms with van der Waals surface area (Å²) in [7, 11) is 0. The van der Waals surface area contributed by atoms with Gasteiger partial charge in [-0.25, -0.2) is 4.98 Å². The van der Waals surface area contributed by atoms with Crippen molar-refractivity contribution in [2.24, 2.45) is 0 Å². The normalized spacial score (nSPS) is 11.3. The summed E-state index contributed by atoms with van der Waals surface area (Å²) in [5, 5.41) is 12.5. The number of rotatable bonds is 3. The van der Waals surface area contributed by atoms with Crippen LogP contribution < -0.4 is 0 Å². The third-order valence-corrected chi connectivity index (χ3v) is 4.86. The minimum absolute atomic E-state index is 0.168. The molecule has 0 saturated heterocycles. The number of para-hydroxylation sites is 2. The molecule has 2 aromatic carbocycles. The second kappa shape index (κ2) is 5.63. The van der Waals surface area contributed by atoms with Crippen molar-refractivity contribution >= 4 is 33.6 Å². The van der Waals surface area contributed by atoms with Crippen molar-refractivity contribution in [1.82, 2.24) is 9.97 Å². The molecule has 0 aliphatic heterocycles. The van der Waals surface area contributed by atoms with E-state index in [4.69, 9.17) is 4.98 Å². The van der Waals surface area contributed by atoms with Gasteiger partial charge in [-0.3, -0.25) is 0 Å². The van der Waals surface area contributed by atoms with E-state index < -0.39 is 0 Å². The molecule has 0 aliphatic carbocycles. The SMILES string of the molecule is CCSc1cc(-c2c(O)[nH]c3ccccc23)nc2ccccc12. The number of benzene rings is 2. The van der Waals surface area contributed by atoms with Crippen molar-refractivity contribution in [3.63, 3.8) is 0 Å². The summed E-state index contributed by atoms with van der Waals surface area (Å²) in [6, 6.07) is 18.1. The third kappa shape index (κ3) is 2.35. The van der Waals surface area contributed by atoms with Crippen LogP contribution in [0.25, 0.3) is 33.1 Å². The van der Waals surface area contributed by atoms with Crippen LogP contribution in [0.15, 0.2) is 59.5 Å². The number of aromatic hydroxyl groups is 1. The van der Waals surface area contributed by atoms with Crippen LogP contribution in [0.4, 0.5) is 0 Å². The topological polar surface area (TPSA) is 48.9 Å². The molecule has 4 aromatic rings. The van der Waals surface area contributed by atoms with Crippen LogP contribution in [0.2, 0.25) is 0 Å². The number of nitrogens with one attached hydrogen (secondary N) is 1. The second-order valence-corrected chi connectivity index (χ2v) is 6.66. The molecule has 0 amide bonds. The predicted octanol–water partition coefficient (Wildman–Crippen LogP) is 5.20. The predicted molar refractivity (Wildman–Crippen MR) is 97.1 cm³/mol. The van der Waals surface area contributed by atoms with E-state index in [1.165, 1.54) is 4.90 Å². The lowest BCUT2D eigenvalue weighted by Gasteiger charge is -2.08. The van der Waals surface area contributed by atoms with Gasteiger partial charge in [0.05, 0.1) is 16.8 Å². The van der Waals surface area contributed by atoms with Crippen LogP contribution in [0.5, 0.6) is 5.88 Å². The maximum Gasteiger partial charge on any atom is 0.199 e. The van der Waals surface area contributed by atoms with E-state index in [2.05, 4.69) is 24.0 Å². The summed E-state index contributed by atoms with van der Waals surface area (Å²) < 4.78 is 0. The summed E-state index contributed by atoms with van der Waals surface area (Å²) in [6.45, 7) is 2.14. The van der Waals surface area contributed by atoms with Gasteiger partial charge in [-0.2, -0.15) is 0 Å². The monoisotopic (exact) mass is 320 g/mol. The van der Waals surface area contributed by atoms with Gasteiger partial charge >= 0.3 is 0 Å². The van der Waals surface area contributed by atoms with Gasteiger partial charge in [-0.05, 0) is 24.0 Å². The Bertz CT molecular complexity index is 1010. The average molecular weight is 320 g/mol. The van der Waals surface area contributed by atoms with Gasteiger partial charge in [0.2, 0.25) is 0 Å². The minimum Gasteiger partial charge on any atom is -0.494 e. The van der Waals surface area contributed by atoms with E-state index in [1.807, 2.05) is 42.5 Å². The lowest BCUT2D eigenvalue weighted by atomic mass is 10.1. The number of aromatic amines is 1. The van der Waals surface area contributed by atoms with Gasteiger partial charge in [-0.1, -0.05) is 43.3 Å². The molecule has 2 heterocycles. The van der Waals surface area contributed by atoms with Crippen LogP contribution >= 0.6 is 11.8 Å². The number of H-pyrrole nitrogens is 1. The molecule has 3 nitrogen and oxygen atoms in total. The Morgan fingerprint density at radius 1 is 1.04 bits per heavy atom. The van der Waals surface area contributed by atoms with Crippen molar-refractivity contribution in [2.75, 3.05) is 5.75 Å². The number of pyridine rings is 1. The third-order valence-electron chi connectivity index (χ3n) is 3.92. The zero-order valence-corrected chi connectivity index (χ0v) is 13.5. The molecule has 0 fully saturated rings. The fraction of sp³-hybridized carbons (Fsp3) is 0.105. The highest BCUT2D eigenvalue weighted by Crippen LogP contribution is 2.38. The van der Waals surface area contributed by atoms with Crippen molar-refractivity contribution < 1.29 is 5.11 Å². The van der Waals surface area contributed by atoms with E-state index in [1.54, 1.807) is 11.8 Å². The second-order valence-electron chi connectivity index (χ2n) is 5.35. The Labute approximate surface area is 138 Å². The summed E-state index contributed by atoms with van der Waals surface area (Å²) >= 11 is 1.80. The molecule has 0 bridgehead atoms. The molecule has 4 heteroatoms. The Morgan fingerprint density at radius 2 is 1.78 bits per heavy atom. The molecule has 0 spiro atoms. The Morgan fingerprint density at radius 3 is 2.61 bits per heavy atom. The van der Waals surface area contributed by atoms with Gasteiger partial charge < -0.3 is 10.1 Å². The Kier molecular flexibility index (Phi) is 3.46. The quantitative estimate of drug-likeness (QED) is 0.510. The Hall–Kier alpha value is -2.46. The first-order valence-electron chi connectivity index (χ1n) is 7.60. The van der Waals surface area contributed by atoms with E-state index in [0.29, 0.717) is 0 Å². The molecular weight excluding hydrogens is 304 g/mol. The molecule has 0 aliphatic rings. The van der Waals surface area contributed by atoms with E-state index >= 15 is 0 Å². The van der Waals surface area contributed by atoms with Crippen LogP contribution in [-0.4, -0.2) is 20.8 Å². The standard InChI is InChI=1S/C19H16N2OS/c1-2-23-17-11-16(20-14-9-5-3-7-12(14)17)18-13-8-4-6-10-15(13)21-19(18)22/h3-11,21-22H,2H2,1H3. The maximum absolute atomic E-state index is 10.4. The van der Waals surface area contributed by atoms with Crippen LogP contribution in [0.1, 0.15) is 6.92 Å². The number of hydrogen-bond donors (Lipinski definition) is 2. The van der Waals surface area contributed by atoms with Crippen molar-refractivity contribution in [1.29, 1.82) is 0 Å². The minimum atomic E-state index is 0.168. The molecule has 0 saturated carbocycles. The first kappa shape index (κ1) is 14.2. The maximum atomic E-state index is 10.4. The van der Waals surface area contributed by atoms with Gasteiger partial charge in [0.1, 0.15) is 0 Å². The van der Waals surface area contributed by atoms with E-state index in [9.17, 15) is 5.11 Å². The first-order valence-corrected chi connectivity index (χ1v) is 8.59. The molecule has 2 aromatic heterocycles. The number of fused-ring (bicyclic) bond motifs is 2. The highest BCUT2D eigenvalue weighted by atomic mass is 32.2. The largest absolute Gasteiger partial charge is 0.494 e. The summed E-state index contributed by atoms with van der Waals surface area (Å²) in [5.41, 5.74) is 3.43. The van der Waals surface area contributed by atoms with Gasteiger partial charge in [0.25, 0.3) is 0 Å². The fourth-order valence-electron chi connectivity index (χ4n) is 2.93. The highest BCUT2D eigenvalue weighted by Gasteiger charge is 2.16. The fourth-order valence-corrected chi connectivity index (χ4v) is 3.77. The average Bonchev–Trinajstić information content (AvgIpc) is 2.90. The molecule has 0 unspecified atom stereocenters. The van der Waals surface area contributed by atoms with Gasteiger partial charge in [0, 0.05) is 21.2 Å². The van der Waals surface area contributed by atoms with Crippen LogP contribution in [0.3, 0.4) is 0 Å². The number of thioether (sulfide) groups is 1. The summed E-state index contributed by atoms with van der Waals surface area (Å²) in [6.07, 6.45) is 0. The summed E-state index contributed by atoms with van der Waals surface area (Å²) in [5.74, 6) is 1.16. The van der Waals surface area contributed by atoms with Crippen molar-refractivity contribution in [3.8, 4) is 17.1 Å². The van der Waals surface area contributed by atoms with Gasteiger partial charge in [-0.15, -0.1) is 11.8 Å². The molecular formula is C19H16N2OS. The molecule has 2 N–H and O–H groups in total. The molecule has 4 rings (SSSR count). The zero-order valence-electron chi connectivity index (χ0n) is 12.7. The summed E-state index contributed by atoms with van der Waals surface area (Å²) in [4.78, 5) is 9.00.